The first kappa shape index (κ1) is 16.0. The summed E-state index contributed by atoms with van der Waals surface area (Å²) < 4.78 is 4.53. The Labute approximate surface area is 129 Å². The average molecular weight is 304 g/mol. The number of benzene rings is 1. The monoisotopic (exact) mass is 304 g/mol. The van der Waals surface area contributed by atoms with E-state index in [0.29, 0.717) is 24.2 Å². The van der Waals surface area contributed by atoms with Crippen LogP contribution in [0.1, 0.15) is 36.0 Å². The van der Waals surface area contributed by atoms with Crippen molar-refractivity contribution in [2.75, 3.05) is 19.0 Å². The molecule has 0 unspecified atom stereocenters. The molecule has 1 aliphatic carbocycles. The van der Waals surface area contributed by atoms with Crippen LogP contribution in [0.3, 0.4) is 0 Å². The molecule has 1 saturated carbocycles. The number of hydrogen-bond donors (Lipinski definition) is 2. The Balaban J connectivity index is 1.81. The molecule has 1 aromatic carbocycles. The van der Waals surface area contributed by atoms with Crippen LogP contribution in [-0.4, -0.2) is 31.4 Å². The Bertz CT molecular complexity index is 567. The summed E-state index contributed by atoms with van der Waals surface area (Å²) in [5, 5.41) is 5.54. The highest BCUT2D eigenvalue weighted by atomic mass is 16.5. The summed E-state index contributed by atoms with van der Waals surface area (Å²) in [4.78, 5) is 34.7. The zero-order chi connectivity index (χ0) is 15.9. The third kappa shape index (κ3) is 4.87. The van der Waals surface area contributed by atoms with Gasteiger partial charge in [-0.15, -0.1) is 0 Å². The lowest BCUT2D eigenvalue weighted by Crippen LogP contribution is -2.25. The van der Waals surface area contributed by atoms with Crippen molar-refractivity contribution in [3.8, 4) is 0 Å². The number of ether oxygens (including phenoxy) is 1. The standard InChI is InChI=1S/C16H20N2O4/c1-22-14(19)6-3-9-17-15(20)12-4-2-5-13(10-12)18-16(21)11-7-8-11/h2,4-5,10-11H,3,6-9H2,1H3,(H,17,20)(H,18,21). The summed E-state index contributed by atoms with van der Waals surface area (Å²) in [5.41, 5.74) is 1.10. The van der Waals surface area contributed by atoms with E-state index in [1.54, 1.807) is 24.3 Å². The Morgan fingerprint density at radius 2 is 2.05 bits per heavy atom. The van der Waals surface area contributed by atoms with E-state index < -0.39 is 0 Å². The summed E-state index contributed by atoms with van der Waals surface area (Å²) >= 11 is 0. The lowest BCUT2D eigenvalue weighted by atomic mass is 10.1. The molecule has 2 amide bonds. The molecule has 22 heavy (non-hydrogen) atoms. The van der Waals surface area contributed by atoms with E-state index in [1.807, 2.05) is 0 Å². The molecule has 0 spiro atoms. The van der Waals surface area contributed by atoms with Crippen LogP contribution in [0.4, 0.5) is 5.69 Å². The molecule has 118 valence electrons. The zero-order valence-electron chi connectivity index (χ0n) is 12.6. The molecular weight excluding hydrogens is 284 g/mol. The number of amides is 2. The number of esters is 1. The van der Waals surface area contributed by atoms with Gasteiger partial charge in [0, 0.05) is 30.1 Å². The fourth-order valence-corrected chi connectivity index (χ4v) is 1.97. The van der Waals surface area contributed by atoms with E-state index in [1.165, 1.54) is 7.11 Å². The number of hydrogen-bond acceptors (Lipinski definition) is 4. The molecule has 0 radical (unpaired) electrons. The first-order chi connectivity index (χ1) is 10.6. The molecule has 0 bridgehead atoms. The molecule has 2 rings (SSSR count). The highest BCUT2D eigenvalue weighted by Gasteiger charge is 2.29. The molecule has 0 aromatic heterocycles. The maximum Gasteiger partial charge on any atom is 0.305 e. The molecule has 0 aliphatic heterocycles. The summed E-state index contributed by atoms with van der Waals surface area (Å²) in [5.74, 6) is -0.391. The van der Waals surface area contributed by atoms with Gasteiger partial charge in [0.15, 0.2) is 0 Å². The van der Waals surface area contributed by atoms with Gasteiger partial charge in [-0.2, -0.15) is 0 Å². The molecule has 1 fully saturated rings. The number of rotatable bonds is 7. The summed E-state index contributed by atoms with van der Waals surface area (Å²) in [7, 11) is 1.34. The number of nitrogens with one attached hydrogen (secondary N) is 2. The molecule has 1 aromatic rings. The number of carbonyl (C=O) groups is 3. The molecular formula is C16H20N2O4. The van der Waals surface area contributed by atoms with Gasteiger partial charge in [0.2, 0.25) is 5.91 Å². The van der Waals surface area contributed by atoms with Crippen LogP contribution in [0.15, 0.2) is 24.3 Å². The van der Waals surface area contributed by atoms with Gasteiger partial charge in [0.05, 0.1) is 7.11 Å². The lowest BCUT2D eigenvalue weighted by Gasteiger charge is -2.08. The Morgan fingerprint density at radius 3 is 2.73 bits per heavy atom. The number of carbonyl (C=O) groups excluding carboxylic acids is 3. The van der Waals surface area contributed by atoms with Crippen LogP contribution in [0.5, 0.6) is 0 Å². The van der Waals surface area contributed by atoms with Crippen LogP contribution in [0.2, 0.25) is 0 Å². The molecule has 0 heterocycles. The van der Waals surface area contributed by atoms with Crippen molar-refractivity contribution in [3.05, 3.63) is 29.8 Å². The average Bonchev–Trinajstić information content (AvgIpc) is 3.36. The van der Waals surface area contributed by atoms with E-state index in [-0.39, 0.29) is 30.1 Å². The van der Waals surface area contributed by atoms with Crippen molar-refractivity contribution >= 4 is 23.5 Å². The first-order valence-electron chi connectivity index (χ1n) is 7.36. The zero-order valence-corrected chi connectivity index (χ0v) is 12.6. The maximum atomic E-state index is 12.0. The second kappa shape index (κ2) is 7.59. The van der Waals surface area contributed by atoms with Gasteiger partial charge in [-0.25, -0.2) is 0 Å². The normalized spacial score (nSPS) is 13.3. The Morgan fingerprint density at radius 1 is 1.27 bits per heavy atom. The van der Waals surface area contributed by atoms with Gasteiger partial charge in [-0.3, -0.25) is 14.4 Å². The molecule has 0 saturated heterocycles. The minimum Gasteiger partial charge on any atom is -0.469 e. The van der Waals surface area contributed by atoms with Crippen LogP contribution >= 0.6 is 0 Å². The summed E-state index contributed by atoms with van der Waals surface area (Å²) in [6, 6.07) is 6.82. The summed E-state index contributed by atoms with van der Waals surface area (Å²) in [6.45, 7) is 0.395. The minimum atomic E-state index is -0.293. The largest absolute Gasteiger partial charge is 0.469 e. The third-order valence-electron chi connectivity index (χ3n) is 3.41. The van der Waals surface area contributed by atoms with E-state index in [4.69, 9.17) is 0 Å². The van der Waals surface area contributed by atoms with Crippen molar-refractivity contribution in [1.82, 2.24) is 5.32 Å². The highest BCUT2D eigenvalue weighted by Crippen LogP contribution is 2.30. The van der Waals surface area contributed by atoms with Gasteiger partial charge in [0.1, 0.15) is 0 Å². The molecule has 1 aliphatic rings. The van der Waals surface area contributed by atoms with E-state index in [2.05, 4.69) is 15.4 Å². The van der Waals surface area contributed by atoms with Gasteiger partial charge in [-0.1, -0.05) is 6.07 Å². The molecule has 6 nitrogen and oxygen atoms in total. The smallest absolute Gasteiger partial charge is 0.305 e. The Hall–Kier alpha value is -2.37. The molecule has 2 N–H and O–H groups in total. The van der Waals surface area contributed by atoms with Crippen molar-refractivity contribution in [2.24, 2.45) is 5.92 Å². The predicted octanol–water partition coefficient (Wildman–Crippen LogP) is 1.72. The van der Waals surface area contributed by atoms with Gasteiger partial charge < -0.3 is 15.4 Å². The first-order valence-corrected chi connectivity index (χ1v) is 7.36. The van der Waals surface area contributed by atoms with Crippen molar-refractivity contribution in [3.63, 3.8) is 0 Å². The molecule has 6 heteroatoms. The van der Waals surface area contributed by atoms with Crippen LogP contribution < -0.4 is 10.6 Å². The number of anilines is 1. The van der Waals surface area contributed by atoms with Gasteiger partial charge in [-0.05, 0) is 37.5 Å². The van der Waals surface area contributed by atoms with E-state index >= 15 is 0 Å². The van der Waals surface area contributed by atoms with E-state index in [0.717, 1.165) is 12.8 Å². The highest BCUT2D eigenvalue weighted by molar-refractivity contribution is 5.98. The van der Waals surface area contributed by atoms with Crippen LogP contribution in [0.25, 0.3) is 0 Å². The predicted molar refractivity (Wildman–Crippen MR) is 81.4 cm³/mol. The summed E-state index contributed by atoms with van der Waals surface area (Å²) in [6.07, 6.45) is 2.67. The molecule has 0 atom stereocenters. The van der Waals surface area contributed by atoms with E-state index in [9.17, 15) is 14.4 Å². The number of methoxy groups -OCH3 is 1. The fraction of sp³-hybridized carbons (Fsp3) is 0.438. The topological polar surface area (TPSA) is 84.5 Å². The van der Waals surface area contributed by atoms with Crippen molar-refractivity contribution in [2.45, 2.75) is 25.7 Å². The van der Waals surface area contributed by atoms with Gasteiger partial charge in [0.25, 0.3) is 5.91 Å². The van der Waals surface area contributed by atoms with Crippen LogP contribution in [0, 0.1) is 5.92 Å². The second-order valence-electron chi connectivity index (χ2n) is 5.28. The van der Waals surface area contributed by atoms with Gasteiger partial charge >= 0.3 is 5.97 Å². The van der Waals surface area contributed by atoms with Crippen molar-refractivity contribution < 1.29 is 19.1 Å². The second-order valence-corrected chi connectivity index (χ2v) is 5.28. The lowest BCUT2D eigenvalue weighted by molar-refractivity contribution is -0.140. The Kier molecular flexibility index (Phi) is 5.52. The van der Waals surface area contributed by atoms with Crippen molar-refractivity contribution in [1.29, 1.82) is 0 Å². The SMILES string of the molecule is COC(=O)CCCNC(=O)c1cccc(NC(=O)C2CC2)c1. The third-order valence-corrected chi connectivity index (χ3v) is 3.41. The van der Waals surface area contributed by atoms with Crippen LogP contribution in [-0.2, 0) is 14.3 Å². The minimum absolute atomic E-state index is 0.00985. The fourth-order valence-electron chi connectivity index (χ4n) is 1.97. The maximum absolute atomic E-state index is 12.0. The quantitative estimate of drug-likeness (QED) is 0.593.